The van der Waals surface area contributed by atoms with Gasteiger partial charge in [0.25, 0.3) is 0 Å². The molecule has 2 unspecified atom stereocenters. The van der Waals surface area contributed by atoms with E-state index in [0.29, 0.717) is 17.6 Å². The molecule has 2 atom stereocenters. The van der Waals surface area contributed by atoms with Gasteiger partial charge < -0.3 is 20.3 Å². The molecular weight excluding hydrogens is 497 g/mol. The van der Waals surface area contributed by atoms with Crippen molar-refractivity contribution in [2.24, 2.45) is 10.4 Å². The van der Waals surface area contributed by atoms with Gasteiger partial charge in [-0.05, 0) is 46.0 Å². The van der Waals surface area contributed by atoms with Crippen molar-refractivity contribution in [3.8, 4) is 0 Å². The lowest BCUT2D eigenvalue weighted by Gasteiger charge is -2.61. The summed E-state index contributed by atoms with van der Waals surface area (Å²) in [4.78, 5) is 12.1. The molecule has 2 saturated carbocycles. The van der Waals surface area contributed by atoms with Crippen LogP contribution in [0.4, 0.5) is 5.13 Å². The average Bonchev–Trinajstić information content (AvgIpc) is 3.30. The molecule has 1 aliphatic heterocycles. The number of rotatable bonds is 8. The van der Waals surface area contributed by atoms with Gasteiger partial charge in [-0.2, -0.15) is 0 Å². The summed E-state index contributed by atoms with van der Waals surface area (Å²) in [6.45, 7) is 9.02. The highest BCUT2D eigenvalue weighted by Gasteiger charge is 2.59. The molecular formula is C21H36IN5OS. The van der Waals surface area contributed by atoms with Crippen LogP contribution in [-0.4, -0.2) is 55.9 Å². The number of hydrogen-bond acceptors (Lipinski definition) is 5. The Balaban J connectivity index is 0.00000240. The molecule has 1 spiro atoms. The summed E-state index contributed by atoms with van der Waals surface area (Å²) in [5, 5.41) is 10.5. The molecule has 1 saturated heterocycles. The molecule has 3 fully saturated rings. The Morgan fingerprint density at radius 1 is 1.31 bits per heavy atom. The van der Waals surface area contributed by atoms with Crippen LogP contribution in [0.25, 0.3) is 0 Å². The molecule has 0 bridgehead atoms. The molecule has 1 aromatic heterocycles. The van der Waals surface area contributed by atoms with Crippen molar-refractivity contribution in [1.82, 2.24) is 15.6 Å². The monoisotopic (exact) mass is 533 g/mol. The summed E-state index contributed by atoms with van der Waals surface area (Å²) >= 11 is 1.78. The number of anilines is 1. The average molecular weight is 534 g/mol. The lowest BCUT2D eigenvalue weighted by Crippen LogP contribution is -2.68. The van der Waals surface area contributed by atoms with Crippen LogP contribution in [0.15, 0.2) is 10.4 Å². The highest BCUT2D eigenvalue weighted by Crippen LogP contribution is 2.57. The Kier molecular flexibility index (Phi) is 8.44. The summed E-state index contributed by atoms with van der Waals surface area (Å²) in [6.07, 6.45) is 8.93. The second-order valence-corrected chi connectivity index (χ2v) is 9.13. The fraction of sp³-hybridized carbons (Fsp3) is 0.810. The van der Waals surface area contributed by atoms with Gasteiger partial charge in [0.2, 0.25) is 0 Å². The molecule has 2 aliphatic carbocycles. The summed E-state index contributed by atoms with van der Waals surface area (Å²) in [6, 6.07) is 0.497. The zero-order valence-corrected chi connectivity index (χ0v) is 20.9. The van der Waals surface area contributed by atoms with Gasteiger partial charge in [0.15, 0.2) is 11.1 Å². The highest BCUT2D eigenvalue weighted by atomic mass is 127. The first-order valence-electron chi connectivity index (χ1n) is 11.1. The molecule has 0 amide bonds. The van der Waals surface area contributed by atoms with Gasteiger partial charge in [0.05, 0.1) is 11.8 Å². The van der Waals surface area contributed by atoms with Gasteiger partial charge in [0.1, 0.15) is 0 Å². The van der Waals surface area contributed by atoms with Crippen molar-refractivity contribution in [2.45, 2.75) is 70.9 Å². The number of guanidine groups is 1. The van der Waals surface area contributed by atoms with E-state index in [0.717, 1.165) is 51.6 Å². The van der Waals surface area contributed by atoms with E-state index in [2.05, 4.69) is 34.8 Å². The summed E-state index contributed by atoms with van der Waals surface area (Å²) in [5.74, 6) is 0.948. The summed E-state index contributed by atoms with van der Waals surface area (Å²) in [7, 11) is 0. The molecule has 29 heavy (non-hydrogen) atoms. The van der Waals surface area contributed by atoms with Crippen LogP contribution < -0.4 is 15.5 Å². The van der Waals surface area contributed by atoms with E-state index in [4.69, 9.17) is 14.7 Å². The third kappa shape index (κ3) is 5.01. The van der Waals surface area contributed by atoms with E-state index < -0.39 is 0 Å². The minimum absolute atomic E-state index is 0. The molecule has 4 rings (SSSR count). The number of nitrogens with one attached hydrogen (secondary N) is 2. The van der Waals surface area contributed by atoms with Crippen LogP contribution in [0.3, 0.4) is 0 Å². The summed E-state index contributed by atoms with van der Waals surface area (Å²) < 4.78 is 5.98. The number of hydrogen-bond donors (Lipinski definition) is 2. The van der Waals surface area contributed by atoms with E-state index in [-0.39, 0.29) is 24.0 Å². The molecule has 0 radical (unpaired) electrons. The number of thiazole rings is 1. The van der Waals surface area contributed by atoms with E-state index in [1.807, 2.05) is 0 Å². The highest BCUT2D eigenvalue weighted by molar-refractivity contribution is 14.0. The number of halogens is 1. The van der Waals surface area contributed by atoms with Crippen molar-refractivity contribution in [3.63, 3.8) is 0 Å². The van der Waals surface area contributed by atoms with Crippen molar-refractivity contribution in [1.29, 1.82) is 0 Å². The maximum atomic E-state index is 5.98. The predicted octanol–water partition coefficient (Wildman–Crippen LogP) is 3.81. The smallest absolute Gasteiger partial charge is 0.191 e. The number of aromatic nitrogens is 1. The Labute approximate surface area is 196 Å². The van der Waals surface area contributed by atoms with Crippen molar-refractivity contribution in [3.05, 3.63) is 11.1 Å². The maximum Gasteiger partial charge on any atom is 0.191 e. The summed E-state index contributed by atoms with van der Waals surface area (Å²) in [5.41, 5.74) is 1.52. The van der Waals surface area contributed by atoms with E-state index >= 15 is 0 Å². The van der Waals surface area contributed by atoms with Gasteiger partial charge in [-0.3, -0.25) is 4.99 Å². The van der Waals surface area contributed by atoms with Crippen molar-refractivity contribution in [2.75, 3.05) is 37.7 Å². The Morgan fingerprint density at radius 2 is 2.10 bits per heavy atom. The quantitative estimate of drug-likeness (QED) is 0.303. The molecule has 8 heteroatoms. The first-order valence-corrected chi connectivity index (χ1v) is 12.0. The zero-order valence-electron chi connectivity index (χ0n) is 17.8. The van der Waals surface area contributed by atoms with Crippen LogP contribution in [0, 0.1) is 5.41 Å². The van der Waals surface area contributed by atoms with Crippen LogP contribution in [0.1, 0.15) is 58.1 Å². The van der Waals surface area contributed by atoms with Gasteiger partial charge in [-0.1, -0.05) is 6.42 Å². The Hall–Kier alpha value is -0.610. The van der Waals surface area contributed by atoms with Crippen LogP contribution >= 0.6 is 35.3 Å². The maximum absolute atomic E-state index is 5.98. The minimum Gasteiger partial charge on any atom is -0.378 e. The lowest BCUT2D eigenvalue weighted by atomic mass is 9.51. The van der Waals surface area contributed by atoms with Crippen molar-refractivity contribution >= 4 is 46.4 Å². The molecule has 3 aliphatic rings. The first-order chi connectivity index (χ1) is 13.7. The Morgan fingerprint density at radius 3 is 2.76 bits per heavy atom. The fourth-order valence-electron chi connectivity index (χ4n) is 4.87. The van der Waals surface area contributed by atoms with E-state index in [9.17, 15) is 0 Å². The SMILES string of the molecule is CCNC(=NCCc1csc(N2CCCC2)n1)NC1CC(OCC)C12CCC2.I. The second kappa shape index (κ2) is 10.6. The van der Waals surface area contributed by atoms with Gasteiger partial charge in [0, 0.05) is 56.0 Å². The molecule has 0 aromatic carbocycles. The van der Waals surface area contributed by atoms with Gasteiger partial charge in [-0.15, -0.1) is 35.3 Å². The molecule has 6 nitrogen and oxygen atoms in total. The van der Waals surface area contributed by atoms with Gasteiger partial charge in [-0.25, -0.2) is 4.98 Å². The van der Waals surface area contributed by atoms with Crippen molar-refractivity contribution < 1.29 is 4.74 Å². The van der Waals surface area contributed by atoms with Gasteiger partial charge >= 0.3 is 0 Å². The molecule has 2 N–H and O–H groups in total. The zero-order chi connectivity index (χ0) is 19.4. The van der Waals surface area contributed by atoms with Crippen LogP contribution in [0.5, 0.6) is 0 Å². The first kappa shape index (κ1) is 23.1. The lowest BCUT2D eigenvalue weighted by molar-refractivity contribution is -0.168. The third-order valence-corrected chi connectivity index (χ3v) is 7.60. The topological polar surface area (TPSA) is 61.8 Å². The molecule has 1 aromatic rings. The third-order valence-electron chi connectivity index (χ3n) is 6.65. The number of nitrogens with zero attached hydrogens (tertiary/aromatic N) is 3. The Bertz CT molecular complexity index is 672. The van der Waals surface area contributed by atoms with E-state index in [1.165, 1.54) is 42.9 Å². The minimum atomic E-state index is 0. The normalized spacial score (nSPS) is 25.3. The second-order valence-electron chi connectivity index (χ2n) is 8.29. The van der Waals surface area contributed by atoms with E-state index in [1.54, 1.807) is 11.3 Å². The molecule has 2 heterocycles. The fourth-order valence-corrected chi connectivity index (χ4v) is 5.79. The molecule has 164 valence electrons. The number of ether oxygens (including phenoxy) is 1. The van der Waals surface area contributed by atoms with Crippen LogP contribution in [0.2, 0.25) is 0 Å². The largest absolute Gasteiger partial charge is 0.378 e. The predicted molar refractivity (Wildman–Crippen MR) is 132 cm³/mol. The standard InChI is InChI=1S/C21H35N5OS.HI/c1-3-22-19(25-17-14-18(27-4-2)21(17)9-7-10-21)23-11-8-16-15-28-20(24-16)26-12-5-6-13-26;/h15,17-18H,3-14H2,1-2H3,(H2,22,23,25);1H. The van der Waals surface area contributed by atoms with Crippen LogP contribution in [-0.2, 0) is 11.2 Å². The number of aliphatic imine (C=N–C) groups is 1.